The van der Waals surface area contributed by atoms with Gasteiger partial charge in [0, 0.05) is 24.5 Å². The minimum atomic E-state index is -1.60. The van der Waals surface area contributed by atoms with Crippen LogP contribution >= 0.6 is 0 Å². The average molecular weight is 478 g/mol. The fraction of sp³-hybridized carbons (Fsp3) is 0.483. The standard InChI is InChI=1S/C29H35NO5/c1-18-9-7-13-22(31)15-16-25(32)35-29-23(14-8-10-18)27(33)20(3)19(2)26(29)24(30-28(29)34)17-21-11-5-4-6-12-21/h4-6,8,11-12,14-16,18-19,23-24,26-27,33H,3,7,9-10,13,17H2,1-2H3,(H,30,34)/t18-,19-,23+,24+,26-,27-,29+/m0/s1. The summed E-state index contributed by atoms with van der Waals surface area (Å²) in [6.45, 7) is 8.21. The van der Waals surface area contributed by atoms with Crippen LogP contribution in [-0.2, 0) is 25.5 Å². The van der Waals surface area contributed by atoms with Crippen LogP contribution < -0.4 is 5.32 Å². The molecule has 0 aromatic heterocycles. The third-order valence-electron chi connectivity index (χ3n) is 7.91. The largest absolute Gasteiger partial charge is 0.445 e. The molecule has 0 bridgehead atoms. The molecular formula is C29H35NO5. The highest BCUT2D eigenvalue weighted by Crippen LogP contribution is 2.52. The highest BCUT2D eigenvalue weighted by atomic mass is 16.6. The van der Waals surface area contributed by atoms with Crippen molar-refractivity contribution in [2.75, 3.05) is 0 Å². The quantitative estimate of drug-likeness (QED) is 0.501. The van der Waals surface area contributed by atoms with Gasteiger partial charge in [0.2, 0.25) is 5.60 Å². The summed E-state index contributed by atoms with van der Waals surface area (Å²) < 4.78 is 6.01. The summed E-state index contributed by atoms with van der Waals surface area (Å²) in [5.74, 6) is -2.46. The molecule has 7 atom stereocenters. The Hall–Kier alpha value is -2.99. The van der Waals surface area contributed by atoms with Gasteiger partial charge in [-0.1, -0.05) is 62.9 Å². The lowest BCUT2D eigenvalue weighted by Crippen LogP contribution is -2.61. The number of nitrogens with one attached hydrogen (secondary N) is 1. The molecule has 35 heavy (non-hydrogen) atoms. The molecule has 1 saturated heterocycles. The minimum absolute atomic E-state index is 0.143. The van der Waals surface area contributed by atoms with E-state index in [1.807, 2.05) is 49.4 Å². The van der Waals surface area contributed by atoms with Crippen molar-refractivity contribution in [3.8, 4) is 0 Å². The van der Waals surface area contributed by atoms with Crippen molar-refractivity contribution in [3.05, 3.63) is 72.4 Å². The third-order valence-corrected chi connectivity index (χ3v) is 7.91. The number of benzene rings is 1. The zero-order valence-electron chi connectivity index (χ0n) is 20.5. The van der Waals surface area contributed by atoms with E-state index < -0.39 is 35.4 Å². The molecule has 4 rings (SSSR count). The van der Waals surface area contributed by atoms with Crippen molar-refractivity contribution < 1.29 is 24.2 Å². The van der Waals surface area contributed by atoms with E-state index in [1.54, 1.807) is 0 Å². The van der Waals surface area contributed by atoms with Crippen LogP contribution in [0.25, 0.3) is 0 Å². The molecule has 2 heterocycles. The van der Waals surface area contributed by atoms with E-state index in [0.717, 1.165) is 30.9 Å². The van der Waals surface area contributed by atoms with Crippen LogP contribution in [0.4, 0.5) is 0 Å². The number of ether oxygens (including phenoxy) is 1. The van der Waals surface area contributed by atoms with Crippen LogP contribution in [0, 0.1) is 23.7 Å². The number of aliphatic hydroxyl groups excluding tert-OH is 1. The van der Waals surface area contributed by atoms with Crippen molar-refractivity contribution in [1.82, 2.24) is 5.32 Å². The normalized spacial score (nSPS) is 36.1. The van der Waals surface area contributed by atoms with Crippen LogP contribution in [0.15, 0.2) is 66.8 Å². The summed E-state index contributed by atoms with van der Waals surface area (Å²) in [7, 11) is 0. The van der Waals surface area contributed by atoms with E-state index in [0.29, 0.717) is 24.3 Å². The molecule has 1 amide bonds. The Labute approximate surface area is 207 Å². The Morgan fingerprint density at radius 1 is 1.14 bits per heavy atom. The van der Waals surface area contributed by atoms with E-state index in [2.05, 4.69) is 18.8 Å². The van der Waals surface area contributed by atoms with Gasteiger partial charge in [0.15, 0.2) is 5.78 Å². The van der Waals surface area contributed by atoms with Gasteiger partial charge in [-0.2, -0.15) is 0 Å². The molecule has 2 N–H and O–H groups in total. The summed E-state index contributed by atoms with van der Waals surface area (Å²) in [6, 6.07) is 9.53. The molecule has 186 valence electrons. The Balaban J connectivity index is 1.79. The zero-order valence-corrected chi connectivity index (χ0v) is 20.5. The summed E-state index contributed by atoms with van der Waals surface area (Å²) >= 11 is 0. The molecule has 2 fully saturated rings. The molecular weight excluding hydrogens is 442 g/mol. The van der Waals surface area contributed by atoms with Gasteiger partial charge in [-0.25, -0.2) is 4.79 Å². The van der Waals surface area contributed by atoms with Crippen molar-refractivity contribution >= 4 is 17.7 Å². The van der Waals surface area contributed by atoms with E-state index >= 15 is 0 Å². The van der Waals surface area contributed by atoms with Crippen LogP contribution in [0.2, 0.25) is 0 Å². The predicted molar refractivity (Wildman–Crippen MR) is 133 cm³/mol. The van der Waals surface area contributed by atoms with Crippen molar-refractivity contribution in [2.45, 2.75) is 63.7 Å². The molecule has 6 nitrogen and oxygen atoms in total. The molecule has 0 radical (unpaired) electrons. The number of amides is 1. The van der Waals surface area contributed by atoms with Gasteiger partial charge >= 0.3 is 5.97 Å². The van der Waals surface area contributed by atoms with Crippen LogP contribution in [0.5, 0.6) is 0 Å². The van der Waals surface area contributed by atoms with E-state index in [9.17, 15) is 19.5 Å². The second kappa shape index (κ2) is 10.3. The number of allylic oxidation sites excluding steroid dienone is 2. The smallest absolute Gasteiger partial charge is 0.331 e. The number of hydrogen-bond donors (Lipinski definition) is 2. The Kier molecular flexibility index (Phi) is 7.41. The first-order valence-corrected chi connectivity index (χ1v) is 12.6. The Morgan fingerprint density at radius 3 is 2.63 bits per heavy atom. The SMILES string of the molecule is C=C1[C@H](C)[C@H]2[C@@H](Cc3ccccc3)NC(=O)[C@]23OC(=O)C=CC(=O)CCC[C@H](C)CC=C[C@@H]3[C@H]1O. The molecule has 1 spiro atoms. The van der Waals surface area contributed by atoms with E-state index in [1.165, 1.54) is 6.08 Å². The summed E-state index contributed by atoms with van der Waals surface area (Å²) in [6.07, 6.45) is 8.39. The lowest BCUT2D eigenvalue weighted by molar-refractivity contribution is -0.182. The first-order chi connectivity index (χ1) is 16.7. The van der Waals surface area contributed by atoms with Crippen LogP contribution in [-0.4, -0.2) is 40.5 Å². The van der Waals surface area contributed by atoms with Gasteiger partial charge in [-0.3, -0.25) is 9.59 Å². The summed E-state index contributed by atoms with van der Waals surface area (Å²) in [5, 5.41) is 14.4. The molecule has 0 unspecified atom stereocenters. The molecule has 3 aliphatic rings. The van der Waals surface area contributed by atoms with Crippen molar-refractivity contribution in [1.29, 1.82) is 0 Å². The van der Waals surface area contributed by atoms with Crippen LogP contribution in [0.1, 0.15) is 45.1 Å². The maximum absolute atomic E-state index is 13.7. The number of carbonyl (C=O) groups excluding carboxylic acids is 3. The molecule has 2 aliphatic heterocycles. The Morgan fingerprint density at radius 2 is 1.89 bits per heavy atom. The fourth-order valence-corrected chi connectivity index (χ4v) is 6.00. The highest BCUT2D eigenvalue weighted by molar-refractivity contribution is 5.98. The number of carbonyl (C=O) groups is 3. The van der Waals surface area contributed by atoms with Gasteiger partial charge < -0.3 is 15.2 Å². The number of ketones is 1. The lowest BCUT2D eigenvalue weighted by atomic mass is 9.59. The molecule has 6 heteroatoms. The minimum Gasteiger partial charge on any atom is -0.445 e. The van der Waals surface area contributed by atoms with E-state index in [-0.39, 0.29) is 17.7 Å². The maximum atomic E-state index is 13.7. The van der Waals surface area contributed by atoms with Crippen molar-refractivity contribution in [3.63, 3.8) is 0 Å². The van der Waals surface area contributed by atoms with Gasteiger partial charge in [-0.05, 0) is 54.7 Å². The molecule has 1 aromatic carbocycles. The maximum Gasteiger partial charge on any atom is 0.331 e. The number of hydrogen-bond acceptors (Lipinski definition) is 5. The van der Waals surface area contributed by atoms with Gasteiger partial charge in [0.25, 0.3) is 5.91 Å². The monoisotopic (exact) mass is 477 g/mol. The number of esters is 1. The summed E-state index contributed by atoms with van der Waals surface area (Å²) in [5.41, 5.74) is 0.0801. The van der Waals surface area contributed by atoms with Gasteiger partial charge in [0.1, 0.15) is 0 Å². The highest BCUT2D eigenvalue weighted by Gasteiger charge is 2.67. The van der Waals surface area contributed by atoms with Crippen LogP contribution in [0.3, 0.4) is 0 Å². The molecule has 1 aliphatic carbocycles. The second-order valence-electron chi connectivity index (χ2n) is 10.3. The molecule has 1 saturated carbocycles. The summed E-state index contributed by atoms with van der Waals surface area (Å²) in [4.78, 5) is 38.9. The lowest BCUT2D eigenvalue weighted by Gasteiger charge is -2.49. The predicted octanol–water partition coefficient (Wildman–Crippen LogP) is 3.70. The van der Waals surface area contributed by atoms with Gasteiger partial charge in [-0.15, -0.1) is 0 Å². The van der Waals surface area contributed by atoms with Crippen molar-refractivity contribution in [2.24, 2.45) is 23.7 Å². The number of aliphatic hydroxyl groups is 1. The molecule has 1 aromatic rings. The first-order valence-electron chi connectivity index (χ1n) is 12.6. The fourth-order valence-electron chi connectivity index (χ4n) is 6.00. The van der Waals surface area contributed by atoms with E-state index in [4.69, 9.17) is 4.74 Å². The van der Waals surface area contributed by atoms with Gasteiger partial charge in [0.05, 0.1) is 12.0 Å². The zero-order chi connectivity index (χ0) is 25.2. The first kappa shape index (κ1) is 25.1. The topological polar surface area (TPSA) is 92.7 Å². The number of rotatable bonds is 2. The Bertz CT molecular complexity index is 1040. The second-order valence-corrected chi connectivity index (χ2v) is 10.3. The third kappa shape index (κ3) is 4.90. The average Bonchev–Trinajstić information content (AvgIpc) is 3.09.